The lowest BCUT2D eigenvalue weighted by atomic mass is 10.2. The number of aromatic nitrogens is 4. The molecule has 0 fully saturated rings. The van der Waals surface area contributed by atoms with Gasteiger partial charge in [-0.1, -0.05) is 41.4 Å². The molecule has 7 nitrogen and oxygen atoms in total. The van der Waals surface area contributed by atoms with E-state index < -0.39 is 5.91 Å². The summed E-state index contributed by atoms with van der Waals surface area (Å²) < 4.78 is 22.4. The minimum Gasteiger partial charge on any atom is -0.471 e. The third-order valence-electron chi connectivity index (χ3n) is 4.36. The lowest BCUT2D eigenvalue weighted by Crippen LogP contribution is -2.20. The highest BCUT2D eigenvalue weighted by Crippen LogP contribution is 2.21. The summed E-state index contributed by atoms with van der Waals surface area (Å²) in [5.74, 6) is -0.0601. The minimum absolute atomic E-state index is 0.0207. The van der Waals surface area contributed by atoms with Gasteiger partial charge in [-0.05, 0) is 36.4 Å². The van der Waals surface area contributed by atoms with Crippen molar-refractivity contribution in [2.45, 2.75) is 13.3 Å². The first-order valence-corrected chi connectivity index (χ1v) is 9.93. The van der Waals surface area contributed by atoms with Gasteiger partial charge in [0.15, 0.2) is 12.5 Å². The minimum atomic E-state index is -0.463. The van der Waals surface area contributed by atoms with Crippen molar-refractivity contribution in [1.82, 2.24) is 19.6 Å². The van der Waals surface area contributed by atoms with Gasteiger partial charge < -0.3 is 10.1 Å². The highest BCUT2D eigenvalue weighted by molar-refractivity contribution is 6.33. The van der Waals surface area contributed by atoms with Crippen LogP contribution in [-0.4, -0.2) is 25.5 Å². The van der Waals surface area contributed by atoms with E-state index in [-0.39, 0.29) is 35.6 Å². The number of ether oxygens (including phenoxy) is 1. The SMILES string of the molecule is O=C(Nc1nn(Cc2ccccc2F)cc1Cl)c1ccnn1COc1ccc(Cl)cc1. The first kappa shape index (κ1) is 20.9. The highest BCUT2D eigenvalue weighted by Gasteiger charge is 2.17. The third kappa shape index (κ3) is 5.04. The zero-order valence-electron chi connectivity index (χ0n) is 16.0. The van der Waals surface area contributed by atoms with Crippen molar-refractivity contribution >= 4 is 34.9 Å². The molecule has 31 heavy (non-hydrogen) atoms. The lowest BCUT2D eigenvalue weighted by Gasteiger charge is -2.09. The second-order valence-corrected chi connectivity index (χ2v) is 7.36. The maximum Gasteiger partial charge on any atom is 0.275 e. The number of rotatable bonds is 7. The van der Waals surface area contributed by atoms with Gasteiger partial charge >= 0.3 is 0 Å². The molecule has 0 bridgehead atoms. The Labute approximate surface area is 187 Å². The van der Waals surface area contributed by atoms with Gasteiger partial charge in [0, 0.05) is 23.0 Å². The summed E-state index contributed by atoms with van der Waals surface area (Å²) in [5.41, 5.74) is 0.714. The van der Waals surface area contributed by atoms with E-state index >= 15 is 0 Å². The van der Waals surface area contributed by atoms with E-state index in [1.807, 2.05) is 0 Å². The third-order valence-corrected chi connectivity index (χ3v) is 4.88. The molecule has 0 saturated heterocycles. The van der Waals surface area contributed by atoms with Gasteiger partial charge in [-0.3, -0.25) is 9.48 Å². The van der Waals surface area contributed by atoms with Crippen LogP contribution in [0.15, 0.2) is 67.0 Å². The molecule has 2 aromatic carbocycles. The average molecular weight is 460 g/mol. The van der Waals surface area contributed by atoms with Gasteiger partial charge in [0.1, 0.15) is 22.3 Å². The molecule has 2 heterocycles. The van der Waals surface area contributed by atoms with E-state index in [0.717, 1.165) is 0 Å². The molecule has 4 rings (SSSR count). The van der Waals surface area contributed by atoms with E-state index in [0.29, 0.717) is 16.3 Å². The van der Waals surface area contributed by atoms with E-state index in [1.165, 1.54) is 27.8 Å². The molecule has 0 saturated carbocycles. The van der Waals surface area contributed by atoms with Crippen LogP contribution < -0.4 is 10.1 Å². The Morgan fingerprint density at radius 1 is 1.10 bits per heavy atom. The summed E-state index contributed by atoms with van der Waals surface area (Å²) in [6, 6.07) is 14.8. The zero-order valence-corrected chi connectivity index (χ0v) is 17.5. The predicted octanol–water partition coefficient (Wildman–Crippen LogP) is 4.86. The maximum absolute atomic E-state index is 13.9. The van der Waals surface area contributed by atoms with Crippen LogP contribution in [0.1, 0.15) is 16.1 Å². The summed E-state index contributed by atoms with van der Waals surface area (Å²) in [7, 11) is 0. The Kier molecular flexibility index (Phi) is 6.20. The van der Waals surface area contributed by atoms with Crippen molar-refractivity contribution in [3.63, 3.8) is 0 Å². The second-order valence-electron chi connectivity index (χ2n) is 6.51. The van der Waals surface area contributed by atoms with Gasteiger partial charge in [0.25, 0.3) is 5.91 Å². The summed E-state index contributed by atoms with van der Waals surface area (Å²) in [4.78, 5) is 12.7. The lowest BCUT2D eigenvalue weighted by molar-refractivity contribution is 0.100. The predicted molar refractivity (Wildman–Crippen MR) is 115 cm³/mol. The Morgan fingerprint density at radius 3 is 2.65 bits per heavy atom. The van der Waals surface area contributed by atoms with Gasteiger partial charge in [0.05, 0.1) is 6.54 Å². The summed E-state index contributed by atoms with van der Waals surface area (Å²) >= 11 is 12.1. The maximum atomic E-state index is 13.9. The van der Waals surface area contributed by atoms with Crippen LogP contribution in [0.25, 0.3) is 0 Å². The number of amides is 1. The number of carbonyl (C=O) groups excluding carboxylic acids is 1. The Balaban J connectivity index is 1.43. The average Bonchev–Trinajstić information content (AvgIpc) is 3.36. The van der Waals surface area contributed by atoms with Crippen LogP contribution in [0, 0.1) is 5.82 Å². The van der Waals surface area contributed by atoms with E-state index in [9.17, 15) is 9.18 Å². The fraction of sp³-hybridized carbons (Fsp3) is 0.0952. The monoisotopic (exact) mass is 459 g/mol. The van der Waals surface area contributed by atoms with Crippen molar-refractivity contribution in [2.24, 2.45) is 0 Å². The molecule has 4 aromatic rings. The smallest absolute Gasteiger partial charge is 0.275 e. The molecule has 1 amide bonds. The molecule has 0 spiro atoms. The van der Waals surface area contributed by atoms with Crippen molar-refractivity contribution in [1.29, 1.82) is 0 Å². The number of nitrogens with zero attached hydrogens (tertiary/aromatic N) is 4. The summed E-state index contributed by atoms with van der Waals surface area (Å²) in [6.07, 6.45) is 3.00. The quantitative estimate of drug-likeness (QED) is 0.428. The topological polar surface area (TPSA) is 74.0 Å². The fourth-order valence-corrected chi connectivity index (χ4v) is 3.15. The molecule has 158 valence electrons. The number of nitrogens with one attached hydrogen (secondary N) is 1. The summed E-state index contributed by atoms with van der Waals surface area (Å²) in [5, 5.41) is 11.8. The number of anilines is 1. The molecule has 0 aliphatic rings. The van der Waals surface area contributed by atoms with Crippen molar-refractivity contribution in [3.05, 3.63) is 94.1 Å². The molecule has 10 heteroatoms. The van der Waals surface area contributed by atoms with Crippen LogP contribution in [0.3, 0.4) is 0 Å². The van der Waals surface area contributed by atoms with Crippen LogP contribution in [0.2, 0.25) is 10.0 Å². The molecule has 0 aliphatic heterocycles. The standard InChI is InChI=1S/C21H16Cl2FN5O2/c22-15-5-7-16(8-6-15)31-13-29-19(9-10-25-29)21(30)26-20-17(23)12-28(27-20)11-14-3-1-2-4-18(14)24/h1-10,12H,11,13H2,(H,26,27,30). The van der Waals surface area contributed by atoms with E-state index in [1.54, 1.807) is 48.5 Å². The fourth-order valence-electron chi connectivity index (χ4n) is 2.83. The van der Waals surface area contributed by atoms with Crippen LogP contribution >= 0.6 is 23.2 Å². The molecule has 0 unspecified atom stereocenters. The van der Waals surface area contributed by atoms with Crippen LogP contribution in [0.5, 0.6) is 5.75 Å². The first-order valence-electron chi connectivity index (χ1n) is 9.17. The number of halogens is 3. The number of hydrogen-bond donors (Lipinski definition) is 1. The van der Waals surface area contributed by atoms with Crippen molar-refractivity contribution in [2.75, 3.05) is 5.32 Å². The second kappa shape index (κ2) is 9.20. The number of carbonyl (C=O) groups is 1. The van der Waals surface area contributed by atoms with Crippen molar-refractivity contribution < 1.29 is 13.9 Å². The summed E-state index contributed by atoms with van der Waals surface area (Å²) in [6.45, 7) is 0.196. The van der Waals surface area contributed by atoms with Crippen LogP contribution in [0.4, 0.5) is 10.2 Å². The number of benzene rings is 2. The normalized spacial score (nSPS) is 10.8. The molecule has 0 aliphatic carbocycles. The van der Waals surface area contributed by atoms with Gasteiger partial charge in [-0.15, -0.1) is 0 Å². The van der Waals surface area contributed by atoms with Gasteiger partial charge in [-0.25, -0.2) is 9.07 Å². The molecule has 0 atom stereocenters. The number of hydrogen-bond acceptors (Lipinski definition) is 4. The van der Waals surface area contributed by atoms with Gasteiger partial charge in [0.2, 0.25) is 0 Å². The Hall–Kier alpha value is -3.36. The van der Waals surface area contributed by atoms with Gasteiger partial charge in [-0.2, -0.15) is 10.2 Å². The van der Waals surface area contributed by atoms with E-state index in [2.05, 4.69) is 15.5 Å². The highest BCUT2D eigenvalue weighted by atomic mass is 35.5. The van der Waals surface area contributed by atoms with E-state index in [4.69, 9.17) is 27.9 Å². The first-order chi connectivity index (χ1) is 15.0. The molecule has 1 N–H and O–H groups in total. The van der Waals surface area contributed by atoms with Crippen molar-refractivity contribution in [3.8, 4) is 5.75 Å². The molecule has 2 aromatic heterocycles. The molecular weight excluding hydrogens is 444 g/mol. The molecule has 0 radical (unpaired) electrons. The molecular formula is C21H16Cl2FN5O2. The van der Waals surface area contributed by atoms with Crippen LogP contribution in [-0.2, 0) is 13.3 Å². The Bertz CT molecular complexity index is 1210. The largest absolute Gasteiger partial charge is 0.471 e. The zero-order chi connectivity index (χ0) is 21.8. The Morgan fingerprint density at radius 2 is 1.87 bits per heavy atom.